The molecule has 2 aromatic rings. The van der Waals surface area contributed by atoms with E-state index in [1.165, 1.54) is 52.4 Å². The summed E-state index contributed by atoms with van der Waals surface area (Å²) >= 11 is 0. The largest absolute Gasteiger partial charge is 0.493 e. The van der Waals surface area contributed by atoms with Crippen molar-refractivity contribution in [2.24, 2.45) is 4.40 Å². The van der Waals surface area contributed by atoms with E-state index in [0.717, 1.165) is 11.6 Å². The number of fused-ring (bicyclic) bond motifs is 2. The minimum atomic E-state index is -3.88. The summed E-state index contributed by atoms with van der Waals surface area (Å²) in [5, 5.41) is 6.72. The topological polar surface area (TPSA) is 110 Å². The van der Waals surface area contributed by atoms with E-state index in [-0.39, 0.29) is 4.90 Å². The van der Waals surface area contributed by atoms with Gasteiger partial charge in [-0.25, -0.2) is 4.98 Å². The number of rotatable bonds is 4. The maximum Gasteiger partial charge on any atom is 0.287 e. The zero-order valence-corrected chi connectivity index (χ0v) is 19.1. The zero-order valence-electron chi connectivity index (χ0n) is 18.3. The smallest absolute Gasteiger partial charge is 0.287 e. The maximum atomic E-state index is 12.9. The fourth-order valence-corrected chi connectivity index (χ4v) is 5.70. The van der Waals surface area contributed by atoms with Crippen LogP contribution in [0.3, 0.4) is 0 Å². The van der Waals surface area contributed by atoms with Crippen LogP contribution in [-0.4, -0.2) is 55.6 Å². The van der Waals surface area contributed by atoms with Gasteiger partial charge in [-0.3, -0.25) is 0 Å². The van der Waals surface area contributed by atoms with Crippen LogP contribution in [0.1, 0.15) is 37.9 Å². The minimum Gasteiger partial charge on any atom is -0.493 e. The van der Waals surface area contributed by atoms with E-state index in [1.807, 2.05) is 4.90 Å². The molecule has 0 radical (unpaired) electrons. The fraction of sp³-hybridized carbons (Fsp3) is 0.524. The van der Waals surface area contributed by atoms with E-state index in [2.05, 4.69) is 25.8 Å². The Labute approximate surface area is 187 Å². The van der Waals surface area contributed by atoms with Crippen LogP contribution < -0.4 is 20.1 Å². The summed E-state index contributed by atoms with van der Waals surface area (Å²) in [5.41, 5.74) is 0.418. The number of nitrogens with one attached hydrogen (secondary N) is 2. The van der Waals surface area contributed by atoms with Gasteiger partial charge in [-0.15, -0.1) is 4.40 Å². The number of anilines is 2. The number of aromatic nitrogens is 2. The summed E-state index contributed by atoms with van der Waals surface area (Å²) in [6.07, 6.45) is 8.25. The van der Waals surface area contributed by atoms with E-state index in [1.54, 1.807) is 6.07 Å². The van der Waals surface area contributed by atoms with Crippen LogP contribution in [0.4, 0.5) is 11.5 Å². The summed E-state index contributed by atoms with van der Waals surface area (Å²) in [6, 6.07) is 3.54. The van der Waals surface area contributed by atoms with Crippen molar-refractivity contribution < 1.29 is 17.9 Å². The first kappa shape index (κ1) is 20.9. The molecule has 0 unspecified atom stereocenters. The number of hydrogen-bond donors (Lipinski definition) is 2. The van der Waals surface area contributed by atoms with Gasteiger partial charge in [0.05, 0.1) is 26.5 Å². The molecule has 1 fully saturated rings. The van der Waals surface area contributed by atoms with E-state index in [9.17, 15) is 8.42 Å². The van der Waals surface area contributed by atoms with Gasteiger partial charge in [-0.2, -0.15) is 8.42 Å². The number of sulfonamides is 1. The molecule has 5 rings (SSSR count). The monoisotopic (exact) mass is 460 g/mol. The molecule has 0 amide bonds. The predicted molar refractivity (Wildman–Crippen MR) is 121 cm³/mol. The van der Waals surface area contributed by atoms with Gasteiger partial charge in [0.2, 0.25) is 5.96 Å². The van der Waals surface area contributed by atoms with Gasteiger partial charge in [0.1, 0.15) is 16.5 Å². The lowest BCUT2D eigenvalue weighted by Crippen LogP contribution is -2.43. The van der Waals surface area contributed by atoms with Gasteiger partial charge in [-0.1, -0.05) is 19.3 Å². The van der Waals surface area contributed by atoms with E-state index >= 15 is 0 Å². The van der Waals surface area contributed by atoms with Crippen LogP contribution in [0.15, 0.2) is 27.6 Å². The lowest BCUT2D eigenvalue weighted by molar-refractivity contribution is 0.329. The number of methoxy groups -OCH3 is 2. The molecule has 10 nitrogen and oxygen atoms in total. The highest BCUT2D eigenvalue weighted by atomic mass is 32.2. The Morgan fingerprint density at radius 1 is 1.09 bits per heavy atom. The first-order chi connectivity index (χ1) is 15.5. The molecule has 0 atom stereocenters. The summed E-state index contributed by atoms with van der Waals surface area (Å²) in [4.78, 5) is 6.73. The van der Waals surface area contributed by atoms with Gasteiger partial charge in [0, 0.05) is 37.5 Å². The third-order valence-electron chi connectivity index (χ3n) is 6.28. The molecule has 0 spiro atoms. The van der Waals surface area contributed by atoms with Gasteiger partial charge in [0.25, 0.3) is 10.0 Å². The van der Waals surface area contributed by atoms with E-state index in [4.69, 9.17) is 14.5 Å². The Balaban J connectivity index is 1.36. The number of benzene rings is 1. The number of hydrogen-bond acceptors (Lipinski definition) is 8. The Morgan fingerprint density at radius 2 is 1.84 bits per heavy atom. The van der Waals surface area contributed by atoms with E-state index in [0.29, 0.717) is 48.8 Å². The lowest BCUT2D eigenvalue weighted by atomic mass is 9.96. The van der Waals surface area contributed by atoms with Crippen molar-refractivity contribution in [1.82, 2.24) is 14.5 Å². The molecule has 3 aliphatic rings. The Hall–Kier alpha value is -2.95. The highest BCUT2D eigenvalue weighted by Gasteiger charge is 2.31. The highest BCUT2D eigenvalue weighted by Crippen LogP contribution is 2.38. The molecule has 2 aliphatic heterocycles. The summed E-state index contributed by atoms with van der Waals surface area (Å²) < 4.78 is 42.5. The molecule has 3 heterocycles. The zero-order chi connectivity index (χ0) is 22.3. The van der Waals surface area contributed by atoms with Crippen molar-refractivity contribution >= 4 is 27.5 Å². The third kappa shape index (κ3) is 3.85. The molecule has 0 bridgehead atoms. The number of nitrogens with zero attached hydrogens (tertiary/aromatic N) is 4. The average molecular weight is 461 g/mol. The van der Waals surface area contributed by atoms with Crippen LogP contribution in [0, 0.1) is 0 Å². The molecule has 1 aliphatic carbocycles. The van der Waals surface area contributed by atoms with Crippen LogP contribution >= 0.6 is 0 Å². The molecular formula is C21H28N6O4S. The van der Waals surface area contributed by atoms with Gasteiger partial charge < -0.3 is 29.6 Å². The number of guanidine groups is 1. The minimum absolute atomic E-state index is 0.0661. The van der Waals surface area contributed by atoms with Crippen molar-refractivity contribution in [3.8, 4) is 11.5 Å². The second-order valence-electron chi connectivity index (χ2n) is 8.35. The van der Waals surface area contributed by atoms with Crippen molar-refractivity contribution in [3.63, 3.8) is 0 Å². The molecule has 11 heteroatoms. The third-order valence-corrected chi connectivity index (χ3v) is 7.58. The first-order valence-corrected chi connectivity index (χ1v) is 12.4. The Morgan fingerprint density at radius 3 is 2.59 bits per heavy atom. The fourth-order valence-electron chi connectivity index (χ4n) is 4.57. The van der Waals surface area contributed by atoms with Crippen LogP contribution in [-0.2, 0) is 23.1 Å². The van der Waals surface area contributed by atoms with Gasteiger partial charge in [0.15, 0.2) is 11.5 Å². The molecule has 1 aromatic carbocycles. The van der Waals surface area contributed by atoms with Crippen LogP contribution in [0.25, 0.3) is 0 Å². The Bertz CT molecular complexity index is 1150. The average Bonchev–Trinajstić information content (AvgIpc) is 3.19. The normalized spacial score (nSPS) is 19.9. The van der Waals surface area contributed by atoms with Crippen molar-refractivity contribution in [2.75, 3.05) is 31.4 Å². The summed E-state index contributed by atoms with van der Waals surface area (Å²) in [6.45, 7) is 1.79. The highest BCUT2D eigenvalue weighted by molar-refractivity contribution is 7.90. The lowest BCUT2D eigenvalue weighted by Gasteiger charge is -2.32. The quantitative estimate of drug-likeness (QED) is 0.717. The summed E-state index contributed by atoms with van der Waals surface area (Å²) in [7, 11) is -0.900. The maximum absolute atomic E-state index is 12.9. The van der Waals surface area contributed by atoms with E-state index < -0.39 is 10.0 Å². The second kappa shape index (κ2) is 8.19. The number of ether oxygens (including phenoxy) is 2. The Kier molecular flexibility index (Phi) is 5.36. The molecule has 2 N–H and O–H groups in total. The SMILES string of the molecule is COc1cc2c(cc1OC)S(=O)(=O)N=C(N1CCn3cc(NC4CCCCC4)nc3C1)N2. The standard InChI is InChI=1S/C21H28N6O4S/c1-30-16-10-15-18(11-17(16)31-2)32(28,29)25-21(23-15)27-9-8-26-12-19(24-20(26)13-27)22-14-6-4-3-5-7-14/h10-12,14,22H,3-9,13H2,1-2H3,(H,23,25). The second-order valence-corrected chi connectivity index (χ2v) is 9.93. The molecule has 1 aromatic heterocycles. The van der Waals surface area contributed by atoms with Crippen molar-refractivity contribution in [1.29, 1.82) is 0 Å². The molecule has 0 saturated heterocycles. The molecule has 172 valence electrons. The first-order valence-electron chi connectivity index (χ1n) is 10.9. The van der Waals surface area contributed by atoms with Crippen molar-refractivity contribution in [3.05, 3.63) is 24.2 Å². The predicted octanol–water partition coefficient (Wildman–Crippen LogP) is 2.63. The molecule has 32 heavy (non-hydrogen) atoms. The number of imidazole rings is 1. The van der Waals surface area contributed by atoms with Gasteiger partial charge >= 0.3 is 0 Å². The molecule has 1 saturated carbocycles. The van der Waals surface area contributed by atoms with Gasteiger partial charge in [-0.05, 0) is 12.8 Å². The van der Waals surface area contributed by atoms with Crippen LogP contribution in [0.5, 0.6) is 11.5 Å². The van der Waals surface area contributed by atoms with Crippen molar-refractivity contribution in [2.45, 2.75) is 56.1 Å². The molecular weight excluding hydrogens is 432 g/mol. The van der Waals surface area contributed by atoms with Crippen LogP contribution in [0.2, 0.25) is 0 Å². The summed E-state index contributed by atoms with van der Waals surface area (Å²) in [5.74, 6) is 2.86.